The van der Waals surface area contributed by atoms with Gasteiger partial charge in [0.2, 0.25) is 0 Å². The van der Waals surface area contributed by atoms with Crippen molar-refractivity contribution in [2.75, 3.05) is 20.1 Å². The molecule has 0 fully saturated rings. The van der Waals surface area contributed by atoms with Gasteiger partial charge in [0.15, 0.2) is 5.96 Å². The van der Waals surface area contributed by atoms with Crippen molar-refractivity contribution in [3.05, 3.63) is 25.3 Å². The zero-order valence-electron chi connectivity index (χ0n) is 7.34. The summed E-state index contributed by atoms with van der Waals surface area (Å²) in [7, 11) is 1.72. The monoisotopic (exact) mass is 281 g/mol. The summed E-state index contributed by atoms with van der Waals surface area (Å²) < 4.78 is 0. The van der Waals surface area contributed by atoms with E-state index < -0.39 is 0 Å². The minimum atomic E-state index is 0. The molecule has 0 aromatic heterocycles. The fourth-order valence-corrected chi connectivity index (χ4v) is 0.558. The standard InChI is InChI=1S/C8H15N3.HI/c1-4-6-10-8(9-3)11-7-5-2;/h4-5H,1-2,6-7H2,3H3,(H2,9,10,11);1H. The molecule has 0 bridgehead atoms. The summed E-state index contributed by atoms with van der Waals surface area (Å²) in [4.78, 5) is 3.96. The molecule has 70 valence electrons. The normalized spacial score (nSPS) is 7.42. The van der Waals surface area contributed by atoms with Crippen molar-refractivity contribution >= 4 is 29.9 Å². The molecule has 0 aliphatic heterocycles. The molecule has 0 rings (SSSR count). The summed E-state index contributed by atoms with van der Waals surface area (Å²) in [6.45, 7) is 8.60. The van der Waals surface area contributed by atoms with Crippen LogP contribution in [0.1, 0.15) is 0 Å². The fraction of sp³-hybridized carbons (Fsp3) is 0.375. The minimum absolute atomic E-state index is 0. The van der Waals surface area contributed by atoms with E-state index in [9.17, 15) is 0 Å². The number of nitrogens with zero attached hydrogens (tertiary/aromatic N) is 1. The number of guanidine groups is 1. The second-order valence-corrected chi connectivity index (χ2v) is 1.91. The molecule has 0 atom stereocenters. The maximum Gasteiger partial charge on any atom is 0.191 e. The summed E-state index contributed by atoms with van der Waals surface area (Å²) in [5.41, 5.74) is 0. The number of hydrogen-bond donors (Lipinski definition) is 2. The van der Waals surface area contributed by atoms with Crippen LogP contribution in [-0.4, -0.2) is 26.1 Å². The predicted octanol–water partition coefficient (Wildman–Crippen LogP) is 1.14. The molecular formula is C8H16IN3. The highest BCUT2D eigenvalue weighted by Gasteiger charge is 1.89. The Labute approximate surface area is 91.1 Å². The van der Waals surface area contributed by atoms with Gasteiger partial charge >= 0.3 is 0 Å². The van der Waals surface area contributed by atoms with Gasteiger partial charge in [-0.1, -0.05) is 12.2 Å². The van der Waals surface area contributed by atoms with Crippen LogP contribution in [0.3, 0.4) is 0 Å². The smallest absolute Gasteiger partial charge is 0.191 e. The lowest BCUT2D eigenvalue weighted by molar-refractivity contribution is 0.914. The highest BCUT2D eigenvalue weighted by molar-refractivity contribution is 14.0. The van der Waals surface area contributed by atoms with Crippen LogP contribution in [0.4, 0.5) is 0 Å². The van der Waals surface area contributed by atoms with Gasteiger partial charge in [-0.2, -0.15) is 0 Å². The second-order valence-electron chi connectivity index (χ2n) is 1.91. The Kier molecular flexibility index (Phi) is 12.3. The fourth-order valence-electron chi connectivity index (χ4n) is 0.558. The van der Waals surface area contributed by atoms with Crippen molar-refractivity contribution in [3.63, 3.8) is 0 Å². The van der Waals surface area contributed by atoms with Crippen molar-refractivity contribution in [2.45, 2.75) is 0 Å². The lowest BCUT2D eigenvalue weighted by Gasteiger charge is -2.07. The van der Waals surface area contributed by atoms with Crippen LogP contribution in [0, 0.1) is 0 Å². The molecule has 0 saturated carbocycles. The van der Waals surface area contributed by atoms with Gasteiger partial charge in [-0.05, 0) is 0 Å². The topological polar surface area (TPSA) is 36.4 Å². The van der Waals surface area contributed by atoms with E-state index >= 15 is 0 Å². The Hall–Kier alpha value is -0.520. The van der Waals surface area contributed by atoms with Gasteiger partial charge in [0.1, 0.15) is 0 Å². The van der Waals surface area contributed by atoms with E-state index in [1.807, 2.05) is 0 Å². The number of halogens is 1. The van der Waals surface area contributed by atoms with Gasteiger partial charge in [0.25, 0.3) is 0 Å². The van der Waals surface area contributed by atoms with Gasteiger partial charge in [0, 0.05) is 20.1 Å². The zero-order valence-corrected chi connectivity index (χ0v) is 9.67. The molecule has 0 aliphatic carbocycles. The van der Waals surface area contributed by atoms with E-state index in [0.717, 1.165) is 19.0 Å². The van der Waals surface area contributed by atoms with Crippen molar-refractivity contribution in [1.82, 2.24) is 10.6 Å². The predicted molar refractivity (Wildman–Crippen MR) is 65.2 cm³/mol. The number of aliphatic imine (C=N–C) groups is 1. The molecule has 2 N–H and O–H groups in total. The Morgan fingerprint density at radius 2 is 1.67 bits per heavy atom. The zero-order chi connectivity index (χ0) is 8.53. The molecule has 0 heterocycles. The molecule has 0 amide bonds. The van der Waals surface area contributed by atoms with E-state index in [-0.39, 0.29) is 24.0 Å². The first-order valence-electron chi connectivity index (χ1n) is 3.51. The molecular weight excluding hydrogens is 265 g/mol. The van der Waals surface area contributed by atoms with Crippen LogP contribution in [0.2, 0.25) is 0 Å². The Balaban J connectivity index is 0. The molecule has 3 nitrogen and oxygen atoms in total. The van der Waals surface area contributed by atoms with Gasteiger partial charge in [0.05, 0.1) is 0 Å². The Morgan fingerprint density at radius 1 is 1.25 bits per heavy atom. The summed E-state index contributed by atoms with van der Waals surface area (Å²) in [5.74, 6) is 0.768. The Morgan fingerprint density at radius 3 is 1.92 bits per heavy atom. The summed E-state index contributed by atoms with van der Waals surface area (Å²) >= 11 is 0. The highest BCUT2D eigenvalue weighted by Crippen LogP contribution is 1.68. The maximum absolute atomic E-state index is 3.96. The van der Waals surface area contributed by atoms with Crippen molar-refractivity contribution in [3.8, 4) is 0 Å². The number of nitrogens with one attached hydrogen (secondary N) is 2. The molecule has 12 heavy (non-hydrogen) atoms. The van der Waals surface area contributed by atoms with Crippen LogP contribution in [0.25, 0.3) is 0 Å². The quantitative estimate of drug-likeness (QED) is 0.351. The number of hydrogen-bond acceptors (Lipinski definition) is 1. The van der Waals surface area contributed by atoms with Gasteiger partial charge < -0.3 is 10.6 Å². The number of rotatable bonds is 4. The van der Waals surface area contributed by atoms with Crippen LogP contribution in [0.5, 0.6) is 0 Å². The molecule has 0 aromatic rings. The molecule has 0 spiro atoms. The van der Waals surface area contributed by atoms with Crippen molar-refractivity contribution < 1.29 is 0 Å². The minimum Gasteiger partial charge on any atom is -0.353 e. The third-order valence-corrected chi connectivity index (χ3v) is 1.05. The Bertz CT molecular complexity index is 140. The highest BCUT2D eigenvalue weighted by atomic mass is 127. The van der Waals surface area contributed by atoms with Crippen LogP contribution in [0.15, 0.2) is 30.3 Å². The molecule has 0 saturated heterocycles. The third-order valence-electron chi connectivity index (χ3n) is 1.05. The second kappa shape index (κ2) is 10.5. The van der Waals surface area contributed by atoms with Crippen LogP contribution < -0.4 is 10.6 Å². The molecule has 0 unspecified atom stereocenters. The van der Waals surface area contributed by atoms with Crippen molar-refractivity contribution in [1.29, 1.82) is 0 Å². The first kappa shape index (κ1) is 14.0. The third kappa shape index (κ3) is 7.59. The van der Waals surface area contributed by atoms with E-state index in [1.54, 1.807) is 19.2 Å². The average Bonchev–Trinajstić information content (AvgIpc) is 2.05. The lowest BCUT2D eigenvalue weighted by atomic mass is 10.6. The molecule has 0 aromatic carbocycles. The summed E-state index contributed by atoms with van der Waals surface area (Å²) in [5, 5.41) is 6.05. The SMILES string of the molecule is C=CCNC(=NC)NCC=C.I. The van der Waals surface area contributed by atoms with E-state index in [4.69, 9.17) is 0 Å². The maximum atomic E-state index is 3.96. The van der Waals surface area contributed by atoms with Gasteiger partial charge in [-0.3, -0.25) is 4.99 Å². The summed E-state index contributed by atoms with van der Waals surface area (Å²) in [6, 6.07) is 0. The van der Waals surface area contributed by atoms with Crippen LogP contribution >= 0.6 is 24.0 Å². The first-order chi connectivity index (χ1) is 5.35. The van der Waals surface area contributed by atoms with E-state index in [2.05, 4.69) is 28.8 Å². The van der Waals surface area contributed by atoms with Gasteiger partial charge in [-0.15, -0.1) is 37.1 Å². The van der Waals surface area contributed by atoms with Crippen LogP contribution in [-0.2, 0) is 0 Å². The molecule has 0 radical (unpaired) electrons. The first-order valence-corrected chi connectivity index (χ1v) is 3.51. The summed E-state index contributed by atoms with van der Waals surface area (Å²) in [6.07, 6.45) is 3.56. The molecule has 0 aliphatic rings. The van der Waals surface area contributed by atoms with E-state index in [0.29, 0.717) is 0 Å². The lowest BCUT2D eigenvalue weighted by Crippen LogP contribution is -2.37. The van der Waals surface area contributed by atoms with Gasteiger partial charge in [-0.25, -0.2) is 0 Å². The van der Waals surface area contributed by atoms with Crippen molar-refractivity contribution in [2.24, 2.45) is 4.99 Å². The van der Waals surface area contributed by atoms with E-state index in [1.165, 1.54) is 0 Å². The average molecular weight is 281 g/mol. The molecule has 4 heteroatoms. The largest absolute Gasteiger partial charge is 0.353 e.